The van der Waals surface area contributed by atoms with E-state index in [1.807, 2.05) is 30.3 Å². The van der Waals surface area contributed by atoms with E-state index < -0.39 is 15.4 Å². The van der Waals surface area contributed by atoms with Gasteiger partial charge in [0.05, 0.1) is 6.04 Å². The summed E-state index contributed by atoms with van der Waals surface area (Å²) in [5, 5.41) is -0.603. The van der Waals surface area contributed by atoms with Crippen molar-refractivity contribution >= 4 is 10.1 Å². The second kappa shape index (κ2) is 6.52. The molecule has 4 nitrogen and oxygen atoms in total. The minimum atomic E-state index is -3.65. The summed E-state index contributed by atoms with van der Waals surface area (Å²) in [5.41, 5.74) is 2.09. The molecule has 0 bridgehead atoms. The topological polar surface area (TPSA) is 46.6 Å². The first-order chi connectivity index (χ1) is 11.7. The van der Waals surface area contributed by atoms with Crippen LogP contribution in [0.15, 0.2) is 41.7 Å². The number of hydrogen-bond donors (Lipinski definition) is 0. The molecule has 0 N–H and O–H groups in total. The highest BCUT2D eigenvalue weighted by atomic mass is 32.2. The molecule has 24 heavy (non-hydrogen) atoms. The van der Waals surface area contributed by atoms with Crippen molar-refractivity contribution in [1.82, 2.24) is 4.90 Å². The summed E-state index contributed by atoms with van der Waals surface area (Å²) in [6, 6.07) is 9.57. The van der Waals surface area contributed by atoms with E-state index in [1.165, 1.54) is 12.0 Å². The van der Waals surface area contributed by atoms with Crippen molar-refractivity contribution in [3.8, 4) is 0 Å². The van der Waals surface area contributed by atoms with Crippen molar-refractivity contribution < 1.29 is 12.6 Å². The molecule has 1 aliphatic carbocycles. The molecule has 2 aliphatic heterocycles. The minimum absolute atomic E-state index is 0.0539. The Hall–Kier alpha value is -1.33. The van der Waals surface area contributed by atoms with Gasteiger partial charge in [-0.3, -0.25) is 4.90 Å². The van der Waals surface area contributed by atoms with E-state index in [1.54, 1.807) is 0 Å². The molecule has 5 heteroatoms. The Morgan fingerprint density at radius 2 is 1.62 bits per heavy atom. The largest absolute Gasteiger partial charge is 0.386 e. The molecule has 0 aromatic heterocycles. The van der Waals surface area contributed by atoms with E-state index in [2.05, 4.69) is 4.90 Å². The molecule has 0 spiro atoms. The van der Waals surface area contributed by atoms with Crippen LogP contribution in [0.2, 0.25) is 0 Å². The predicted molar refractivity (Wildman–Crippen MR) is 93.9 cm³/mol. The van der Waals surface area contributed by atoms with Crippen LogP contribution in [0.1, 0.15) is 55.8 Å². The average molecular weight is 347 g/mol. The van der Waals surface area contributed by atoms with Crippen molar-refractivity contribution in [2.45, 2.75) is 56.2 Å². The lowest BCUT2D eigenvalue weighted by molar-refractivity contribution is 0.157. The van der Waals surface area contributed by atoms with E-state index in [-0.39, 0.29) is 6.04 Å². The molecule has 0 radical (unpaired) electrons. The maximum atomic E-state index is 13.0. The summed E-state index contributed by atoms with van der Waals surface area (Å²) >= 11 is 0. The Labute approximate surface area is 144 Å². The normalized spacial score (nSPS) is 30.5. The van der Waals surface area contributed by atoms with E-state index in [0.717, 1.165) is 62.9 Å². The van der Waals surface area contributed by atoms with Crippen LogP contribution in [-0.2, 0) is 14.3 Å². The lowest BCUT2D eigenvalue weighted by atomic mass is 9.86. The molecular formula is C19H25NO3S. The fourth-order valence-corrected chi connectivity index (χ4v) is 6.16. The van der Waals surface area contributed by atoms with Crippen LogP contribution in [0, 0.1) is 0 Å². The maximum absolute atomic E-state index is 13.0. The van der Waals surface area contributed by atoms with Gasteiger partial charge in [-0.25, -0.2) is 0 Å². The van der Waals surface area contributed by atoms with Gasteiger partial charge in [0.15, 0.2) is 0 Å². The summed E-state index contributed by atoms with van der Waals surface area (Å²) in [5.74, 6) is 0.740. The number of likely N-dealkylation sites (tertiary alicyclic amines) is 1. The van der Waals surface area contributed by atoms with Crippen molar-refractivity contribution in [2.24, 2.45) is 0 Å². The lowest BCUT2D eigenvalue weighted by Crippen LogP contribution is -2.49. The zero-order chi connectivity index (χ0) is 16.6. The number of nitrogens with zero attached hydrogens (tertiary/aromatic N) is 1. The van der Waals surface area contributed by atoms with Gasteiger partial charge >= 0.3 is 10.1 Å². The first kappa shape index (κ1) is 16.2. The van der Waals surface area contributed by atoms with E-state index in [4.69, 9.17) is 4.18 Å². The van der Waals surface area contributed by atoms with Gasteiger partial charge in [0.2, 0.25) is 0 Å². The summed E-state index contributed by atoms with van der Waals surface area (Å²) in [7, 11) is -3.65. The molecule has 3 aliphatic rings. The highest BCUT2D eigenvalue weighted by Crippen LogP contribution is 2.45. The molecular weight excluding hydrogens is 322 g/mol. The third-order valence-corrected chi connectivity index (χ3v) is 7.13. The Morgan fingerprint density at radius 1 is 0.917 bits per heavy atom. The number of allylic oxidation sites excluding steroid dienone is 1. The van der Waals surface area contributed by atoms with Gasteiger partial charge < -0.3 is 4.18 Å². The number of rotatable bonds is 2. The van der Waals surface area contributed by atoms with E-state index >= 15 is 0 Å². The Morgan fingerprint density at radius 3 is 2.38 bits per heavy atom. The van der Waals surface area contributed by atoms with Crippen LogP contribution in [0.5, 0.6) is 0 Å². The fourth-order valence-electron chi connectivity index (χ4n) is 4.44. The highest BCUT2D eigenvalue weighted by Gasteiger charge is 2.47. The molecule has 0 saturated carbocycles. The van der Waals surface area contributed by atoms with Crippen molar-refractivity contribution in [3.63, 3.8) is 0 Å². The first-order valence-corrected chi connectivity index (χ1v) is 10.6. The van der Waals surface area contributed by atoms with Crippen LogP contribution in [0.3, 0.4) is 0 Å². The third kappa shape index (κ3) is 2.88. The second-order valence-corrected chi connectivity index (χ2v) is 8.76. The predicted octanol–water partition coefficient (Wildman–Crippen LogP) is 3.77. The third-order valence-electron chi connectivity index (χ3n) is 5.54. The Kier molecular flexibility index (Phi) is 4.39. The lowest BCUT2D eigenvalue weighted by Gasteiger charge is -2.44. The van der Waals surface area contributed by atoms with Crippen LogP contribution >= 0.6 is 0 Å². The minimum Gasteiger partial charge on any atom is -0.386 e. The van der Waals surface area contributed by atoms with Crippen molar-refractivity contribution in [1.29, 1.82) is 0 Å². The molecule has 2 heterocycles. The van der Waals surface area contributed by atoms with Gasteiger partial charge in [-0.1, -0.05) is 36.8 Å². The van der Waals surface area contributed by atoms with E-state index in [9.17, 15) is 8.42 Å². The van der Waals surface area contributed by atoms with E-state index in [0.29, 0.717) is 0 Å². The molecule has 130 valence electrons. The smallest absolute Gasteiger partial charge is 0.317 e. The molecule has 4 rings (SSSR count). The SMILES string of the molecule is O=S1(=O)OC2=C(CCCC2)[C@@H](N2CCCCC2)[C@@H]1c1ccccc1. The van der Waals surface area contributed by atoms with Gasteiger partial charge in [0.1, 0.15) is 11.0 Å². The van der Waals surface area contributed by atoms with Gasteiger partial charge in [-0.2, -0.15) is 8.42 Å². The van der Waals surface area contributed by atoms with Crippen LogP contribution in [0.4, 0.5) is 0 Å². The number of benzene rings is 1. The summed E-state index contributed by atoms with van der Waals surface area (Å²) in [6.45, 7) is 1.97. The molecule has 1 aromatic carbocycles. The number of piperidine rings is 1. The maximum Gasteiger partial charge on any atom is 0.317 e. The molecule has 1 saturated heterocycles. The van der Waals surface area contributed by atoms with Gasteiger partial charge in [-0.15, -0.1) is 0 Å². The molecule has 0 unspecified atom stereocenters. The first-order valence-electron chi connectivity index (χ1n) is 9.11. The van der Waals surface area contributed by atoms with Crippen molar-refractivity contribution in [3.05, 3.63) is 47.2 Å². The fraction of sp³-hybridized carbons (Fsp3) is 0.579. The van der Waals surface area contributed by atoms with Gasteiger partial charge in [0, 0.05) is 6.42 Å². The molecule has 1 fully saturated rings. The summed E-state index contributed by atoms with van der Waals surface area (Å²) in [4.78, 5) is 2.40. The Balaban J connectivity index is 1.83. The average Bonchev–Trinajstić information content (AvgIpc) is 2.61. The van der Waals surface area contributed by atoms with Crippen LogP contribution < -0.4 is 0 Å². The van der Waals surface area contributed by atoms with Crippen LogP contribution in [-0.4, -0.2) is 32.4 Å². The molecule has 1 aromatic rings. The zero-order valence-electron chi connectivity index (χ0n) is 14.0. The standard InChI is InChI=1S/C19H25NO3S/c21-24(22)19(15-9-3-1-4-10-15)18(20-13-7-2-8-14-20)16-11-5-6-12-17(16)23-24/h1,3-4,9-10,18-19H,2,5-8,11-14H2/t18-,19+/m1/s1. The van der Waals surface area contributed by atoms with Gasteiger partial charge in [0.25, 0.3) is 0 Å². The molecule has 0 amide bonds. The van der Waals surface area contributed by atoms with Gasteiger partial charge in [-0.05, 0) is 56.3 Å². The summed E-state index contributed by atoms with van der Waals surface area (Å²) in [6.07, 6.45) is 7.44. The monoisotopic (exact) mass is 347 g/mol. The zero-order valence-corrected chi connectivity index (χ0v) is 14.8. The Bertz CT molecular complexity index is 720. The quantitative estimate of drug-likeness (QED) is 0.764. The second-order valence-electron chi connectivity index (χ2n) is 7.10. The highest BCUT2D eigenvalue weighted by molar-refractivity contribution is 7.87. The molecule has 2 atom stereocenters. The van der Waals surface area contributed by atoms with Crippen molar-refractivity contribution in [2.75, 3.05) is 13.1 Å². The number of hydrogen-bond acceptors (Lipinski definition) is 4. The summed E-state index contributed by atoms with van der Waals surface area (Å²) < 4.78 is 31.6. The van der Waals surface area contributed by atoms with Crippen LogP contribution in [0.25, 0.3) is 0 Å².